The molecule has 0 unspecified atom stereocenters. The van der Waals surface area contributed by atoms with Crippen LogP contribution in [0.2, 0.25) is 10.0 Å². The van der Waals surface area contributed by atoms with E-state index in [4.69, 9.17) is 28.9 Å². The van der Waals surface area contributed by atoms with E-state index in [1.807, 2.05) is 27.8 Å². The van der Waals surface area contributed by atoms with Crippen LogP contribution in [0.5, 0.6) is 0 Å². The van der Waals surface area contributed by atoms with Crippen LogP contribution < -0.4 is 5.73 Å². The third-order valence-electron chi connectivity index (χ3n) is 4.12. The second-order valence-electron chi connectivity index (χ2n) is 6.49. The van der Waals surface area contributed by atoms with Crippen molar-refractivity contribution in [1.29, 1.82) is 0 Å². The highest BCUT2D eigenvalue weighted by Gasteiger charge is 2.14. The van der Waals surface area contributed by atoms with Gasteiger partial charge < -0.3 is 10.3 Å². The number of amides is 1. The minimum absolute atomic E-state index is 0.0341. The summed E-state index contributed by atoms with van der Waals surface area (Å²) in [4.78, 5) is 17.7. The molecule has 28 heavy (non-hydrogen) atoms. The monoisotopic (exact) mass is 420 g/mol. The van der Waals surface area contributed by atoms with Crippen LogP contribution in [0.1, 0.15) is 17.0 Å². The highest BCUT2D eigenvalue weighted by molar-refractivity contribution is 6.34. The summed E-state index contributed by atoms with van der Waals surface area (Å²) in [5.41, 5.74) is 7.07. The van der Waals surface area contributed by atoms with Gasteiger partial charge in [-0.2, -0.15) is 0 Å². The normalized spacial score (nSPS) is 11.1. The summed E-state index contributed by atoms with van der Waals surface area (Å²) in [6.45, 7) is 1.31. The number of imidazole rings is 1. The molecular weight excluding hydrogens is 402 g/mol. The zero-order chi connectivity index (χ0) is 20.1. The molecule has 0 aliphatic carbocycles. The van der Waals surface area contributed by atoms with Crippen molar-refractivity contribution in [2.75, 3.05) is 6.54 Å². The number of carbonyl (C=O) groups excluding carboxylic acids is 1. The molecule has 146 valence electrons. The highest BCUT2D eigenvalue weighted by atomic mass is 35.5. The van der Waals surface area contributed by atoms with E-state index in [9.17, 15) is 9.18 Å². The molecule has 0 bridgehead atoms. The van der Waals surface area contributed by atoms with Crippen LogP contribution in [0, 0.1) is 5.82 Å². The maximum absolute atomic E-state index is 13.5. The van der Waals surface area contributed by atoms with Gasteiger partial charge in [0.1, 0.15) is 11.6 Å². The van der Waals surface area contributed by atoms with E-state index in [-0.39, 0.29) is 12.4 Å². The summed E-state index contributed by atoms with van der Waals surface area (Å²) < 4.78 is 15.4. The zero-order valence-corrected chi connectivity index (χ0v) is 16.5. The van der Waals surface area contributed by atoms with Gasteiger partial charge in [-0.15, -0.1) is 0 Å². The molecule has 0 spiro atoms. The van der Waals surface area contributed by atoms with Crippen molar-refractivity contribution in [2.45, 2.75) is 19.6 Å². The fourth-order valence-corrected chi connectivity index (χ4v) is 3.59. The third kappa shape index (κ3) is 5.79. The van der Waals surface area contributed by atoms with Gasteiger partial charge in [0.05, 0.1) is 13.1 Å². The van der Waals surface area contributed by atoms with Gasteiger partial charge in [0.2, 0.25) is 5.91 Å². The lowest BCUT2D eigenvalue weighted by atomic mass is 10.2. The van der Waals surface area contributed by atoms with Gasteiger partial charge in [0.25, 0.3) is 0 Å². The van der Waals surface area contributed by atoms with Crippen LogP contribution >= 0.6 is 23.2 Å². The molecule has 0 aliphatic rings. The number of benzene rings is 2. The maximum atomic E-state index is 13.5. The van der Waals surface area contributed by atoms with Crippen LogP contribution in [0.4, 0.5) is 4.39 Å². The quantitative estimate of drug-likeness (QED) is 0.601. The molecule has 1 heterocycles. The lowest BCUT2D eigenvalue weighted by Gasteiger charge is -2.21. The lowest BCUT2D eigenvalue weighted by Crippen LogP contribution is -2.34. The Morgan fingerprint density at radius 1 is 1.11 bits per heavy atom. The van der Waals surface area contributed by atoms with Crippen LogP contribution in [0.25, 0.3) is 0 Å². The number of carbonyl (C=O) groups is 1. The van der Waals surface area contributed by atoms with Crippen LogP contribution in [-0.4, -0.2) is 26.9 Å². The molecule has 3 rings (SSSR count). The summed E-state index contributed by atoms with van der Waals surface area (Å²) in [5, 5.41) is 1.12. The van der Waals surface area contributed by atoms with Gasteiger partial charge in [-0.3, -0.25) is 9.69 Å². The van der Waals surface area contributed by atoms with E-state index >= 15 is 0 Å². The van der Waals surface area contributed by atoms with E-state index in [1.165, 1.54) is 12.1 Å². The molecule has 3 aromatic rings. The zero-order valence-electron chi connectivity index (χ0n) is 15.0. The fraction of sp³-hybridized carbons (Fsp3) is 0.200. The smallest absolute Gasteiger partial charge is 0.231 e. The molecule has 5 nitrogen and oxygen atoms in total. The molecule has 1 aromatic heterocycles. The van der Waals surface area contributed by atoms with Gasteiger partial charge in [-0.1, -0.05) is 35.3 Å². The summed E-state index contributed by atoms with van der Waals surface area (Å²) in [5.74, 6) is -0.0410. The first-order chi connectivity index (χ1) is 13.4. The molecule has 8 heteroatoms. The van der Waals surface area contributed by atoms with Gasteiger partial charge >= 0.3 is 0 Å². The summed E-state index contributed by atoms with van der Waals surface area (Å²) in [6.07, 6.45) is 3.53. The highest BCUT2D eigenvalue weighted by Crippen LogP contribution is 2.20. The first-order valence-electron chi connectivity index (χ1n) is 8.59. The Kier molecular flexibility index (Phi) is 6.67. The standard InChI is InChI=1S/C20H19Cl2FN4O/c21-16-6-15(7-17(22)9-16)11-27-5-4-25-20(27)13-26(12-19(24)28)10-14-2-1-3-18(23)8-14/h1-9H,10-13H2,(H2,24,28). The first-order valence-corrected chi connectivity index (χ1v) is 9.35. The molecule has 0 saturated heterocycles. The number of hydrogen-bond donors (Lipinski definition) is 1. The molecular formula is C20H19Cl2FN4O. The Hall–Kier alpha value is -2.41. The Morgan fingerprint density at radius 2 is 1.86 bits per heavy atom. The summed E-state index contributed by atoms with van der Waals surface area (Å²) in [7, 11) is 0. The van der Waals surface area contributed by atoms with E-state index in [2.05, 4.69) is 4.98 Å². The van der Waals surface area contributed by atoms with Crippen LogP contribution in [0.15, 0.2) is 54.9 Å². The second-order valence-corrected chi connectivity index (χ2v) is 7.36. The van der Waals surface area contributed by atoms with Crippen molar-refractivity contribution in [1.82, 2.24) is 14.5 Å². The minimum Gasteiger partial charge on any atom is -0.369 e. The number of nitrogens with zero attached hydrogens (tertiary/aromatic N) is 3. The van der Waals surface area contributed by atoms with Gasteiger partial charge in [-0.25, -0.2) is 9.37 Å². The van der Waals surface area contributed by atoms with Crippen molar-refractivity contribution >= 4 is 29.1 Å². The summed E-state index contributed by atoms with van der Waals surface area (Å²) >= 11 is 12.2. The Morgan fingerprint density at radius 3 is 2.54 bits per heavy atom. The van der Waals surface area contributed by atoms with Crippen LogP contribution in [-0.2, 0) is 24.4 Å². The molecule has 0 aliphatic heterocycles. The average Bonchev–Trinajstić information content (AvgIpc) is 3.00. The predicted octanol–water partition coefficient (Wildman–Crippen LogP) is 3.86. The molecule has 0 saturated carbocycles. The maximum Gasteiger partial charge on any atom is 0.231 e. The number of rotatable bonds is 8. The molecule has 2 aromatic carbocycles. The van der Waals surface area contributed by atoms with Crippen molar-refractivity contribution in [2.24, 2.45) is 5.73 Å². The van der Waals surface area contributed by atoms with Gasteiger partial charge in [0, 0.05) is 35.5 Å². The number of nitrogens with two attached hydrogens (primary N) is 1. The second kappa shape index (κ2) is 9.19. The Balaban J connectivity index is 1.77. The first kappa shape index (κ1) is 20.3. The van der Waals surface area contributed by atoms with Crippen molar-refractivity contribution in [3.63, 3.8) is 0 Å². The number of hydrogen-bond acceptors (Lipinski definition) is 3. The largest absolute Gasteiger partial charge is 0.369 e. The number of primary amides is 1. The van der Waals surface area contributed by atoms with E-state index in [1.54, 1.807) is 24.4 Å². The van der Waals surface area contributed by atoms with E-state index < -0.39 is 5.91 Å². The Bertz CT molecular complexity index is 956. The Labute approximate surface area is 172 Å². The molecule has 2 N–H and O–H groups in total. The van der Waals surface area contributed by atoms with Crippen molar-refractivity contribution < 1.29 is 9.18 Å². The SMILES string of the molecule is NC(=O)CN(Cc1cccc(F)c1)Cc1nccn1Cc1cc(Cl)cc(Cl)c1. The summed E-state index contributed by atoms with van der Waals surface area (Å²) in [6, 6.07) is 11.6. The minimum atomic E-state index is -0.462. The molecule has 0 atom stereocenters. The van der Waals surface area contributed by atoms with Gasteiger partial charge in [-0.05, 0) is 41.5 Å². The third-order valence-corrected chi connectivity index (χ3v) is 4.55. The number of halogens is 3. The lowest BCUT2D eigenvalue weighted by molar-refractivity contribution is -0.119. The molecule has 1 amide bonds. The predicted molar refractivity (Wildman–Crippen MR) is 107 cm³/mol. The molecule has 0 radical (unpaired) electrons. The van der Waals surface area contributed by atoms with Crippen molar-refractivity contribution in [3.05, 3.63) is 87.7 Å². The topological polar surface area (TPSA) is 64.2 Å². The van der Waals surface area contributed by atoms with Gasteiger partial charge in [0.15, 0.2) is 0 Å². The van der Waals surface area contributed by atoms with Crippen LogP contribution in [0.3, 0.4) is 0 Å². The molecule has 0 fully saturated rings. The number of aromatic nitrogens is 2. The average molecular weight is 421 g/mol. The van der Waals surface area contributed by atoms with E-state index in [0.29, 0.717) is 29.7 Å². The van der Waals surface area contributed by atoms with Crippen molar-refractivity contribution in [3.8, 4) is 0 Å². The van der Waals surface area contributed by atoms with E-state index in [0.717, 1.165) is 17.0 Å². The fourth-order valence-electron chi connectivity index (χ4n) is 3.02.